The van der Waals surface area contributed by atoms with Crippen molar-refractivity contribution in [2.24, 2.45) is 10.7 Å². The third kappa shape index (κ3) is 6.22. The number of hydrogen-bond donors (Lipinski definition) is 1. The Bertz CT molecular complexity index is 569. The average Bonchev–Trinajstić information content (AvgIpc) is 2.61. The van der Waals surface area contributed by atoms with E-state index in [2.05, 4.69) is 9.89 Å². The lowest BCUT2D eigenvalue weighted by atomic mass is 10.2. The summed E-state index contributed by atoms with van der Waals surface area (Å²) >= 11 is 5.92. The minimum absolute atomic E-state index is 0. The summed E-state index contributed by atoms with van der Waals surface area (Å²) in [5.74, 6) is 0.467. The lowest BCUT2D eigenvalue weighted by molar-refractivity contribution is -0.129. The van der Waals surface area contributed by atoms with E-state index >= 15 is 0 Å². The highest BCUT2D eigenvalue weighted by Crippen LogP contribution is 2.19. The molecule has 1 aromatic rings. The van der Waals surface area contributed by atoms with Crippen molar-refractivity contribution in [1.82, 2.24) is 9.80 Å². The number of halogens is 2. The van der Waals surface area contributed by atoms with Crippen LogP contribution in [0, 0.1) is 0 Å². The minimum atomic E-state index is 0. The second-order valence-corrected chi connectivity index (χ2v) is 6.13. The molecule has 1 aliphatic heterocycles. The average molecular weight is 480 g/mol. The van der Waals surface area contributed by atoms with Gasteiger partial charge in [0.2, 0.25) is 5.91 Å². The third-order valence-corrected chi connectivity index (χ3v) is 4.54. The summed E-state index contributed by atoms with van der Waals surface area (Å²) < 4.78 is 0. The fourth-order valence-electron chi connectivity index (χ4n) is 2.76. The maximum atomic E-state index is 12.3. The van der Waals surface area contributed by atoms with Crippen molar-refractivity contribution in [2.45, 2.75) is 13.8 Å². The Morgan fingerprint density at radius 2 is 1.72 bits per heavy atom. The third-order valence-electron chi connectivity index (χ3n) is 4.29. The van der Waals surface area contributed by atoms with Gasteiger partial charge in [-0.25, -0.2) is 4.99 Å². The van der Waals surface area contributed by atoms with E-state index in [1.807, 2.05) is 47.9 Å². The van der Waals surface area contributed by atoms with Gasteiger partial charge in [-0.2, -0.15) is 0 Å². The normalized spacial score (nSPS) is 14.9. The van der Waals surface area contributed by atoms with Crippen molar-refractivity contribution in [3.8, 4) is 0 Å². The maximum absolute atomic E-state index is 12.3. The molecule has 0 aliphatic carbocycles. The monoisotopic (exact) mass is 479 g/mol. The van der Waals surface area contributed by atoms with Crippen LogP contribution < -0.4 is 10.6 Å². The molecule has 140 valence electrons. The van der Waals surface area contributed by atoms with Gasteiger partial charge in [-0.1, -0.05) is 11.6 Å². The summed E-state index contributed by atoms with van der Waals surface area (Å²) in [7, 11) is 0. The van der Waals surface area contributed by atoms with Gasteiger partial charge in [0.25, 0.3) is 0 Å². The van der Waals surface area contributed by atoms with Crippen LogP contribution in [0.4, 0.5) is 5.69 Å². The highest BCUT2D eigenvalue weighted by molar-refractivity contribution is 14.0. The van der Waals surface area contributed by atoms with E-state index in [9.17, 15) is 4.79 Å². The first kappa shape index (κ1) is 21.8. The Morgan fingerprint density at radius 1 is 1.16 bits per heavy atom. The molecule has 1 aromatic carbocycles. The number of nitrogens with two attached hydrogens (primary N) is 1. The topological polar surface area (TPSA) is 65.2 Å². The van der Waals surface area contributed by atoms with Crippen LogP contribution >= 0.6 is 35.6 Å². The molecule has 6 nitrogen and oxygen atoms in total. The van der Waals surface area contributed by atoms with Crippen molar-refractivity contribution < 1.29 is 4.79 Å². The summed E-state index contributed by atoms with van der Waals surface area (Å²) in [6.07, 6.45) is 0. The van der Waals surface area contributed by atoms with Gasteiger partial charge in [0, 0.05) is 50.0 Å². The van der Waals surface area contributed by atoms with Gasteiger partial charge in [-0.3, -0.25) is 4.79 Å². The molecule has 0 unspecified atom stereocenters. The number of aliphatic imine (C=N–C) groups is 1. The number of piperazine rings is 1. The summed E-state index contributed by atoms with van der Waals surface area (Å²) in [6, 6.07) is 7.79. The summed E-state index contributed by atoms with van der Waals surface area (Å²) in [6.45, 7) is 8.74. The van der Waals surface area contributed by atoms with E-state index in [4.69, 9.17) is 17.3 Å². The number of anilines is 1. The van der Waals surface area contributed by atoms with E-state index in [0.717, 1.165) is 36.9 Å². The van der Waals surface area contributed by atoms with Crippen molar-refractivity contribution in [3.05, 3.63) is 29.3 Å². The fraction of sp³-hybridized carbons (Fsp3) is 0.529. The molecule has 0 bridgehead atoms. The Hall–Kier alpha value is -1.22. The van der Waals surface area contributed by atoms with Crippen LogP contribution in [-0.4, -0.2) is 67.5 Å². The fourth-order valence-corrected chi connectivity index (χ4v) is 2.89. The number of hydrogen-bond acceptors (Lipinski definition) is 3. The maximum Gasteiger partial charge on any atom is 0.244 e. The summed E-state index contributed by atoms with van der Waals surface area (Å²) in [5, 5.41) is 0.733. The molecule has 1 saturated heterocycles. The van der Waals surface area contributed by atoms with E-state index in [1.54, 1.807) is 0 Å². The zero-order valence-corrected chi connectivity index (χ0v) is 17.9. The molecule has 2 N–H and O–H groups in total. The van der Waals surface area contributed by atoms with Crippen LogP contribution in [0.2, 0.25) is 5.02 Å². The highest BCUT2D eigenvalue weighted by Gasteiger charge is 2.21. The lowest BCUT2D eigenvalue weighted by Crippen LogP contribution is -2.49. The first-order valence-electron chi connectivity index (χ1n) is 8.38. The molecule has 0 spiro atoms. The molecule has 0 radical (unpaired) electrons. The molecule has 1 amide bonds. The number of nitrogens with zero attached hydrogens (tertiary/aromatic N) is 4. The molecule has 1 fully saturated rings. The predicted molar refractivity (Wildman–Crippen MR) is 115 cm³/mol. The van der Waals surface area contributed by atoms with Gasteiger partial charge in [0.15, 0.2) is 5.96 Å². The second kappa shape index (κ2) is 10.7. The van der Waals surface area contributed by atoms with Crippen LogP contribution in [0.1, 0.15) is 13.8 Å². The summed E-state index contributed by atoms with van der Waals surface area (Å²) in [5.41, 5.74) is 7.05. The van der Waals surface area contributed by atoms with Gasteiger partial charge < -0.3 is 20.4 Å². The molecular formula is C17H27ClIN5O. The van der Waals surface area contributed by atoms with Crippen molar-refractivity contribution in [3.63, 3.8) is 0 Å². The zero-order chi connectivity index (χ0) is 17.5. The molecular weight excluding hydrogens is 453 g/mol. The van der Waals surface area contributed by atoms with Gasteiger partial charge >= 0.3 is 0 Å². The Morgan fingerprint density at radius 3 is 2.24 bits per heavy atom. The minimum Gasteiger partial charge on any atom is -0.370 e. The number of carbonyl (C=O) groups excluding carboxylic acids is 1. The molecule has 0 saturated carbocycles. The quantitative estimate of drug-likeness (QED) is 0.400. The van der Waals surface area contributed by atoms with Crippen molar-refractivity contribution in [1.29, 1.82) is 0 Å². The van der Waals surface area contributed by atoms with Crippen molar-refractivity contribution >= 4 is 53.1 Å². The SMILES string of the molecule is CCN(CC)C(N)=NCC(=O)N1CCN(c2ccc(Cl)cc2)CC1.I. The molecule has 0 atom stereocenters. The van der Waals surface area contributed by atoms with E-state index in [1.165, 1.54) is 0 Å². The number of carbonyl (C=O) groups is 1. The van der Waals surface area contributed by atoms with Crippen LogP contribution in [0.5, 0.6) is 0 Å². The number of benzene rings is 1. The molecule has 1 heterocycles. The number of amides is 1. The predicted octanol–water partition coefficient (Wildman–Crippen LogP) is 2.26. The number of guanidine groups is 1. The van der Waals surface area contributed by atoms with Crippen LogP contribution in [0.15, 0.2) is 29.3 Å². The standard InChI is InChI=1S/C17H26ClN5O.HI/c1-3-21(4-2)17(19)20-13-16(24)23-11-9-22(10-12-23)15-7-5-14(18)6-8-15;/h5-8H,3-4,9-13H2,1-2H3,(H2,19,20);1H. The van der Waals surface area contributed by atoms with Gasteiger partial charge in [-0.05, 0) is 38.1 Å². The van der Waals surface area contributed by atoms with E-state index in [0.29, 0.717) is 19.0 Å². The van der Waals surface area contributed by atoms with Gasteiger partial charge in [-0.15, -0.1) is 24.0 Å². The lowest BCUT2D eigenvalue weighted by Gasteiger charge is -2.36. The summed E-state index contributed by atoms with van der Waals surface area (Å²) in [4.78, 5) is 22.6. The van der Waals surface area contributed by atoms with Gasteiger partial charge in [0.1, 0.15) is 6.54 Å². The molecule has 25 heavy (non-hydrogen) atoms. The second-order valence-electron chi connectivity index (χ2n) is 5.69. The highest BCUT2D eigenvalue weighted by atomic mass is 127. The molecule has 1 aliphatic rings. The smallest absolute Gasteiger partial charge is 0.244 e. The first-order chi connectivity index (χ1) is 11.5. The first-order valence-corrected chi connectivity index (χ1v) is 8.76. The van der Waals surface area contributed by atoms with Crippen LogP contribution in [0.3, 0.4) is 0 Å². The van der Waals surface area contributed by atoms with E-state index < -0.39 is 0 Å². The Balaban J connectivity index is 0.00000312. The zero-order valence-electron chi connectivity index (χ0n) is 14.8. The van der Waals surface area contributed by atoms with Crippen molar-refractivity contribution in [2.75, 3.05) is 50.7 Å². The Kier molecular flexibility index (Phi) is 9.34. The van der Waals surface area contributed by atoms with Gasteiger partial charge in [0.05, 0.1) is 0 Å². The molecule has 8 heteroatoms. The van der Waals surface area contributed by atoms with Crippen LogP contribution in [0.25, 0.3) is 0 Å². The Labute approximate surface area is 172 Å². The van der Waals surface area contributed by atoms with E-state index in [-0.39, 0.29) is 36.4 Å². The van der Waals surface area contributed by atoms with Crippen LogP contribution in [-0.2, 0) is 4.79 Å². The number of rotatable bonds is 5. The largest absolute Gasteiger partial charge is 0.370 e. The molecule has 0 aromatic heterocycles. The molecule has 2 rings (SSSR count).